The van der Waals surface area contributed by atoms with Gasteiger partial charge < -0.3 is 20.1 Å². The molecule has 2 aromatic carbocycles. The summed E-state index contributed by atoms with van der Waals surface area (Å²) in [7, 11) is 1.63. The van der Waals surface area contributed by atoms with E-state index in [2.05, 4.69) is 10.6 Å². The summed E-state index contributed by atoms with van der Waals surface area (Å²) >= 11 is 5.93. The second-order valence-corrected chi connectivity index (χ2v) is 6.08. The molecule has 2 N–H and O–H groups in total. The molecule has 0 spiro atoms. The number of ether oxygens (including phenoxy) is 2. The van der Waals surface area contributed by atoms with E-state index in [9.17, 15) is 4.79 Å². The minimum Gasteiger partial charge on any atom is -0.497 e. The highest BCUT2D eigenvalue weighted by molar-refractivity contribution is 6.30. The van der Waals surface area contributed by atoms with Crippen LogP contribution in [0.5, 0.6) is 11.5 Å². The third-order valence-electron chi connectivity index (χ3n) is 3.85. The van der Waals surface area contributed by atoms with Crippen LogP contribution in [0.2, 0.25) is 5.02 Å². The lowest BCUT2D eigenvalue weighted by Gasteiger charge is -2.26. The predicted octanol–water partition coefficient (Wildman–Crippen LogP) is 3.15. The molecule has 1 atom stereocenters. The predicted molar refractivity (Wildman–Crippen MR) is 92.8 cm³/mol. The molecule has 6 heteroatoms. The van der Waals surface area contributed by atoms with Crippen molar-refractivity contribution < 1.29 is 14.3 Å². The molecule has 0 unspecified atom stereocenters. The van der Waals surface area contributed by atoms with Gasteiger partial charge in [-0.2, -0.15) is 0 Å². The van der Waals surface area contributed by atoms with Crippen molar-refractivity contribution in [1.29, 1.82) is 0 Å². The molecule has 0 radical (unpaired) electrons. The average molecular weight is 347 g/mol. The molecule has 0 aromatic heterocycles. The number of fused-ring (bicyclic) bond motifs is 1. The fourth-order valence-corrected chi connectivity index (χ4v) is 2.87. The zero-order valence-corrected chi connectivity index (χ0v) is 14.1. The second-order valence-electron chi connectivity index (χ2n) is 5.64. The maximum atomic E-state index is 12.1. The Kier molecular flexibility index (Phi) is 5.11. The van der Waals surface area contributed by atoms with Gasteiger partial charge in [-0.15, -0.1) is 0 Å². The standard InChI is InChI=1S/C18H19ClN2O3/c1-23-16-5-6-17-13(9-16)8-15(11-24-17)21-18(22)20-10-12-3-2-4-14(19)7-12/h2-7,9,15H,8,10-11H2,1H3,(H2,20,21,22)/t15-/m1/s1. The first-order valence-electron chi connectivity index (χ1n) is 7.72. The van der Waals surface area contributed by atoms with Crippen molar-refractivity contribution in [3.8, 4) is 11.5 Å². The summed E-state index contributed by atoms with van der Waals surface area (Å²) in [4.78, 5) is 12.1. The normalized spacial score (nSPS) is 15.8. The number of benzene rings is 2. The minimum atomic E-state index is -0.227. The smallest absolute Gasteiger partial charge is 0.315 e. The van der Waals surface area contributed by atoms with Crippen LogP contribution in [-0.4, -0.2) is 25.8 Å². The second kappa shape index (κ2) is 7.45. The topological polar surface area (TPSA) is 59.6 Å². The Bertz CT molecular complexity index is 736. The molecule has 3 rings (SSSR count). The molecule has 24 heavy (non-hydrogen) atoms. The Morgan fingerprint density at radius 3 is 3.00 bits per heavy atom. The van der Waals surface area contributed by atoms with E-state index in [4.69, 9.17) is 21.1 Å². The molecule has 0 aliphatic carbocycles. The largest absolute Gasteiger partial charge is 0.497 e. The van der Waals surface area contributed by atoms with Crippen LogP contribution in [0.4, 0.5) is 4.79 Å². The Hall–Kier alpha value is -2.40. The highest BCUT2D eigenvalue weighted by Crippen LogP contribution is 2.28. The number of hydrogen-bond acceptors (Lipinski definition) is 3. The van der Waals surface area contributed by atoms with E-state index in [0.29, 0.717) is 24.6 Å². The maximum absolute atomic E-state index is 12.1. The van der Waals surface area contributed by atoms with Gasteiger partial charge in [-0.1, -0.05) is 23.7 Å². The highest BCUT2D eigenvalue weighted by atomic mass is 35.5. The summed E-state index contributed by atoms with van der Waals surface area (Å²) in [6.07, 6.45) is 0.705. The van der Waals surface area contributed by atoms with E-state index in [1.165, 1.54) is 0 Å². The lowest BCUT2D eigenvalue weighted by molar-refractivity contribution is 0.214. The van der Waals surface area contributed by atoms with Gasteiger partial charge in [0.2, 0.25) is 0 Å². The number of carbonyl (C=O) groups excluding carboxylic acids is 1. The number of halogens is 1. The number of nitrogens with one attached hydrogen (secondary N) is 2. The molecule has 0 bridgehead atoms. The number of urea groups is 1. The Morgan fingerprint density at radius 1 is 1.33 bits per heavy atom. The van der Waals surface area contributed by atoms with Gasteiger partial charge in [-0.25, -0.2) is 4.79 Å². The van der Waals surface area contributed by atoms with Crippen molar-refractivity contribution in [3.63, 3.8) is 0 Å². The summed E-state index contributed by atoms with van der Waals surface area (Å²) < 4.78 is 10.9. The van der Waals surface area contributed by atoms with Crippen LogP contribution in [0.25, 0.3) is 0 Å². The van der Waals surface area contributed by atoms with Crippen LogP contribution in [0.3, 0.4) is 0 Å². The first-order valence-corrected chi connectivity index (χ1v) is 8.10. The molecule has 0 saturated carbocycles. The fourth-order valence-electron chi connectivity index (χ4n) is 2.66. The monoisotopic (exact) mass is 346 g/mol. The van der Waals surface area contributed by atoms with Crippen molar-refractivity contribution in [1.82, 2.24) is 10.6 Å². The quantitative estimate of drug-likeness (QED) is 0.894. The Labute approximate surface area is 145 Å². The Morgan fingerprint density at radius 2 is 2.21 bits per heavy atom. The maximum Gasteiger partial charge on any atom is 0.315 e. The van der Waals surface area contributed by atoms with E-state index in [-0.39, 0.29) is 12.1 Å². The Balaban J connectivity index is 1.53. The van der Waals surface area contributed by atoms with Gasteiger partial charge in [0, 0.05) is 11.6 Å². The molecule has 5 nitrogen and oxygen atoms in total. The minimum absolute atomic E-state index is 0.0797. The number of rotatable bonds is 4. The van der Waals surface area contributed by atoms with Gasteiger partial charge in [0.15, 0.2) is 0 Å². The number of methoxy groups -OCH3 is 1. The van der Waals surface area contributed by atoms with Gasteiger partial charge in [0.05, 0.1) is 13.2 Å². The molecule has 2 aromatic rings. The van der Waals surface area contributed by atoms with Crippen LogP contribution < -0.4 is 20.1 Å². The summed E-state index contributed by atoms with van der Waals surface area (Å²) in [6, 6.07) is 12.8. The van der Waals surface area contributed by atoms with Crippen molar-refractivity contribution >= 4 is 17.6 Å². The van der Waals surface area contributed by atoms with Crippen molar-refractivity contribution in [2.45, 2.75) is 19.0 Å². The number of amides is 2. The highest BCUT2D eigenvalue weighted by Gasteiger charge is 2.21. The van der Waals surface area contributed by atoms with E-state index in [0.717, 1.165) is 22.6 Å². The molecular weight excluding hydrogens is 328 g/mol. The summed E-state index contributed by atoms with van der Waals surface area (Å²) in [5.41, 5.74) is 1.98. The van der Waals surface area contributed by atoms with Gasteiger partial charge in [-0.3, -0.25) is 0 Å². The SMILES string of the molecule is COc1ccc2c(c1)C[C@@H](NC(=O)NCc1cccc(Cl)c1)CO2. The number of carbonyl (C=O) groups is 1. The molecule has 1 aliphatic rings. The summed E-state index contributed by atoms with van der Waals surface area (Å²) in [5.74, 6) is 1.62. The van der Waals surface area contributed by atoms with E-state index < -0.39 is 0 Å². The zero-order valence-electron chi connectivity index (χ0n) is 13.3. The molecule has 0 saturated heterocycles. The molecule has 0 fully saturated rings. The average Bonchev–Trinajstić information content (AvgIpc) is 2.59. The van der Waals surface area contributed by atoms with Crippen LogP contribution in [0.1, 0.15) is 11.1 Å². The number of hydrogen-bond donors (Lipinski definition) is 2. The van der Waals surface area contributed by atoms with Gasteiger partial charge in [0.1, 0.15) is 18.1 Å². The van der Waals surface area contributed by atoms with E-state index >= 15 is 0 Å². The third-order valence-corrected chi connectivity index (χ3v) is 4.09. The summed E-state index contributed by atoms with van der Waals surface area (Å²) in [6.45, 7) is 0.869. The molecule has 1 heterocycles. The zero-order chi connectivity index (χ0) is 16.9. The summed E-state index contributed by atoms with van der Waals surface area (Å²) in [5, 5.41) is 6.42. The van der Waals surface area contributed by atoms with Crippen LogP contribution >= 0.6 is 11.6 Å². The van der Waals surface area contributed by atoms with Crippen LogP contribution in [0, 0.1) is 0 Å². The first-order chi connectivity index (χ1) is 11.6. The van der Waals surface area contributed by atoms with Gasteiger partial charge in [-0.05, 0) is 47.9 Å². The molecular formula is C18H19ClN2O3. The van der Waals surface area contributed by atoms with Gasteiger partial charge >= 0.3 is 6.03 Å². The molecule has 126 valence electrons. The van der Waals surface area contributed by atoms with E-state index in [1.54, 1.807) is 13.2 Å². The fraction of sp³-hybridized carbons (Fsp3) is 0.278. The van der Waals surface area contributed by atoms with Crippen molar-refractivity contribution in [2.24, 2.45) is 0 Å². The van der Waals surface area contributed by atoms with Gasteiger partial charge in [0.25, 0.3) is 0 Å². The lowest BCUT2D eigenvalue weighted by Crippen LogP contribution is -2.47. The third kappa shape index (κ3) is 4.11. The van der Waals surface area contributed by atoms with Crippen LogP contribution in [0.15, 0.2) is 42.5 Å². The van der Waals surface area contributed by atoms with Crippen LogP contribution in [-0.2, 0) is 13.0 Å². The lowest BCUT2D eigenvalue weighted by atomic mass is 10.0. The van der Waals surface area contributed by atoms with E-state index in [1.807, 2.05) is 36.4 Å². The first kappa shape index (κ1) is 16.5. The molecule has 2 amide bonds. The van der Waals surface area contributed by atoms with Crippen molar-refractivity contribution in [2.75, 3.05) is 13.7 Å². The van der Waals surface area contributed by atoms with Crippen molar-refractivity contribution in [3.05, 3.63) is 58.6 Å². The molecule has 1 aliphatic heterocycles.